The van der Waals surface area contributed by atoms with Crippen LogP contribution in [0.15, 0.2) is 30.3 Å². The fraction of sp³-hybridized carbons (Fsp3) is 0.167. The zero-order valence-electron chi connectivity index (χ0n) is 10.4. The van der Waals surface area contributed by atoms with Gasteiger partial charge in [0.1, 0.15) is 5.82 Å². The average Bonchev–Trinajstić information content (AvgIpc) is 2.39. The summed E-state index contributed by atoms with van der Waals surface area (Å²) in [6.07, 6.45) is -1.18. The first kappa shape index (κ1) is 12.7. The van der Waals surface area contributed by atoms with Gasteiger partial charge in [0, 0.05) is 0 Å². The summed E-state index contributed by atoms with van der Waals surface area (Å²) in [6.45, 7) is 1.64. The third-order valence-corrected chi connectivity index (χ3v) is 2.30. The van der Waals surface area contributed by atoms with Crippen molar-refractivity contribution in [2.75, 3.05) is 12.0 Å². The van der Waals surface area contributed by atoms with Gasteiger partial charge in [-0.1, -0.05) is 18.2 Å². The molecular formula is C12H12N4O3. The molecule has 0 aliphatic carbocycles. The molecular weight excluding hydrogens is 248 g/mol. The minimum Gasteiger partial charge on any atom is -0.467 e. The highest BCUT2D eigenvalue weighted by Gasteiger charge is 2.21. The fourth-order valence-electron chi connectivity index (χ4n) is 1.52. The van der Waals surface area contributed by atoms with Crippen molar-refractivity contribution >= 4 is 17.7 Å². The minimum absolute atomic E-state index is 0.00282. The fourth-order valence-corrected chi connectivity index (χ4v) is 1.52. The highest BCUT2D eigenvalue weighted by atomic mass is 16.5. The van der Waals surface area contributed by atoms with E-state index in [2.05, 4.69) is 15.0 Å². The van der Waals surface area contributed by atoms with Gasteiger partial charge < -0.3 is 9.84 Å². The maximum atomic E-state index is 11.4. The Morgan fingerprint density at radius 3 is 2.47 bits per heavy atom. The Labute approximate surface area is 109 Å². The molecule has 1 aromatic heterocycles. The lowest BCUT2D eigenvalue weighted by Crippen LogP contribution is -2.26. The quantitative estimate of drug-likeness (QED) is 0.908. The number of nitrogens with zero attached hydrogens (tertiary/aromatic N) is 4. The van der Waals surface area contributed by atoms with Crippen LogP contribution in [0.3, 0.4) is 0 Å². The highest BCUT2D eigenvalue weighted by molar-refractivity contribution is 5.92. The topological polar surface area (TPSA) is 88.4 Å². The Bertz CT molecular complexity index is 589. The molecule has 0 bridgehead atoms. The van der Waals surface area contributed by atoms with E-state index in [1.165, 1.54) is 7.11 Å². The molecule has 0 atom stereocenters. The van der Waals surface area contributed by atoms with Crippen molar-refractivity contribution in [3.63, 3.8) is 0 Å². The van der Waals surface area contributed by atoms with Gasteiger partial charge in [-0.25, -0.2) is 9.69 Å². The second kappa shape index (κ2) is 5.30. The van der Waals surface area contributed by atoms with Crippen molar-refractivity contribution < 1.29 is 14.6 Å². The van der Waals surface area contributed by atoms with Crippen LogP contribution in [0.1, 0.15) is 5.82 Å². The summed E-state index contributed by atoms with van der Waals surface area (Å²) < 4.78 is 4.92. The molecule has 1 amide bonds. The molecule has 1 heterocycles. The largest absolute Gasteiger partial charge is 0.467 e. The van der Waals surface area contributed by atoms with Gasteiger partial charge in [-0.15, -0.1) is 0 Å². The Hall–Kier alpha value is -2.70. The second-order valence-electron chi connectivity index (χ2n) is 3.62. The van der Waals surface area contributed by atoms with Crippen LogP contribution in [0.4, 0.5) is 16.4 Å². The van der Waals surface area contributed by atoms with E-state index in [9.17, 15) is 9.90 Å². The molecule has 2 aromatic rings. The minimum atomic E-state index is -1.18. The predicted molar refractivity (Wildman–Crippen MR) is 67.7 cm³/mol. The van der Waals surface area contributed by atoms with E-state index in [1.807, 2.05) is 0 Å². The van der Waals surface area contributed by atoms with E-state index in [4.69, 9.17) is 4.74 Å². The van der Waals surface area contributed by atoms with Crippen molar-refractivity contribution in [1.82, 2.24) is 15.0 Å². The molecule has 98 valence electrons. The number of rotatable bonds is 3. The molecule has 0 saturated heterocycles. The van der Waals surface area contributed by atoms with E-state index in [0.29, 0.717) is 11.5 Å². The smallest absolute Gasteiger partial charge is 0.418 e. The third-order valence-electron chi connectivity index (χ3n) is 2.30. The molecule has 0 aliphatic heterocycles. The maximum Gasteiger partial charge on any atom is 0.418 e. The van der Waals surface area contributed by atoms with Crippen LogP contribution in [0.5, 0.6) is 6.01 Å². The monoisotopic (exact) mass is 260 g/mol. The number of amides is 1. The third kappa shape index (κ3) is 2.76. The van der Waals surface area contributed by atoms with Crippen LogP contribution < -0.4 is 9.64 Å². The Morgan fingerprint density at radius 1 is 1.21 bits per heavy atom. The zero-order chi connectivity index (χ0) is 13.8. The van der Waals surface area contributed by atoms with Gasteiger partial charge in [0.05, 0.1) is 12.8 Å². The molecule has 0 unspecified atom stereocenters. The Balaban J connectivity index is 2.51. The summed E-state index contributed by atoms with van der Waals surface area (Å²) in [4.78, 5) is 24.3. The molecule has 7 heteroatoms. The van der Waals surface area contributed by atoms with Crippen molar-refractivity contribution in [2.24, 2.45) is 0 Å². The number of hydrogen-bond acceptors (Lipinski definition) is 5. The SMILES string of the molecule is COc1nc(C)nc(N(C(=O)O)c2ccccc2)n1. The summed E-state index contributed by atoms with van der Waals surface area (Å²) in [5.74, 6) is 0.382. The summed E-state index contributed by atoms with van der Waals surface area (Å²) in [5.41, 5.74) is 0.447. The van der Waals surface area contributed by atoms with E-state index < -0.39 is 6.09 Å². The van der Waals surface area contributed by atoms with Gasteiger partial charge in [-0.3, -0.25) is 0 Å². The van der Waals surface area contributed by atoms with Crippen LogP contribution in [0.2, 0.25) is 0 Å². The maximum absolute atomic E-state index is 11.4. The van der Waals surface area contributed by atoms with E-state index in [0.717, 1.165) is 4.90 Å². The van der Waals surface area contributed by atoms with Gasteiger partial charge in [0.25, 0.3) is 0 Å². The number of ether oxygens (including phenoxy) is 1. The van der Waals surface area contributed by atoms with Crippen LogP contribution in [-0.4, -0.2) is 33.3 Å². The number of methoxy groups -OCH3 is 1. The number of carbonyl (C=O) groups is 1. The number of anilines is 2. The van der Waals surface area contributed by atoms with Crippen molar-refractivity contribution in [3.05, 3.63) is 36.2 Å². The number of hydrogen-bond donors (Lipinski definition) is 1. The van der Waals surface area contributed by atoms with Crippen LogP contribution in [0.25, 0.3) is 0 Å². The van der Waals surface area contributed by atoms with Gasteiger partial charge in [0.15, 0.2) is 0 Å². The van der Waals surface area contributed by atoms with E-state index in [1.54, 1.807) is 37.3 Å². The summed E-state index contributed by atoms with van der Waals surface area (Å²) in [7, 11) is 1.41. The lowest BCUT2D eigenvalue weighted by atomic mass is 10.3. The molecule has 19 heavy (non-hydrogen) atoms. The van der Waals surface area contributed by atoms with Gasteiger partial charge in [-0.2, -0.15) is 15.0 Å². The lowest BCUT2D eigenvalue weighted by Gasteiger charge is -2.17. The zero-order valence-corrected chi connectivity index (χ0v) is 10.4. The van der Waals surface area contributed by atoms with Gasteiger partial charge >= 0.3 is 12.1 Å². The second-order valence-corrected chi connectivity index (χ2v) is 3.62. The van der Waals surface area contributed by atoms with E-state index in [-0.39, 0.29) is 12.0 Å². The number of para-hydroxylation sites is 1. The first-order valence-electron chi connectivity index (χ1n) is 5.46. The molecule has 1 N–H and O–H groups in total. The van der Waals surface area contributed by atoms with Gasteiger partial charge in [0.2, 0.25) is 5.95 Å². The van der Waals surface area contributed by atoms with Crippen LogP contribution >= 0.6 is 0 Å². The molecule has 0 saturated carbocycles. The Kier molecular flexibility index (Phi) is 3.56. The van der Waals surface area contributed by atoms with Crippen molar-refractivity contribution in [2.45, 2.75) is 6.92 Å². The number of aromatic nitrogens is 3. The first-order valence-corrected chi connectivity index (χ1v) is 5.46. The molecule has 0 aliphatic rings. The lowest BCUT2D eigenvalue weighted by molar-refractivity contribution is 0.204. The summed E-state index contributed by atoms with van der Waals surface area (Å²) in [5, 5.41) is 9.32. The van der Waals surface area contributed by atoms with Crippen molar-refractivity contribution in [1.29, 1.82) is 0 Å². The first-order chi connectivity index (χ1) is 9.11. The molecule has 2 rings (SSSR count). The predicted octanol–water partition coefficient (Wildman–Crippen LogP) is 2.00. The highest BCUT2D eigenvalue weighted by Crippen LogP contribution is 2.22. The average molecular weight is 260 g/mol. The summed E-state index contributed by atoms with van der Waals surface area (Å²) >= 11 is 0. The number of aryl methyl sites for hydroxylation is 1. The van der Waals surface area contributed by atoms with Crippen LogP contribution in [0, 0.1) is 6.92 Å². The summed E-state index contributed by atoms with van der Waals surface area (Å²) in [6, 6.07) is 8.64. The van der Waals surface area contributed by atoms with Gasteiger partial charge in [-0.05, 0) is 19.1 Å². The number of carboxylic acid groups (broad SMARTS) is 1. The molecule has 0 radical (unpaired) electrons. The molecule has 1 aromatic carbocycles. The molecule has 7 nitrogen and oxygen atoms in total. The normalized spacial score (nSPS) is 10.0. The van der Waals surface area contributed by atoms with E-state index >= 15 is 0 Å². The Morgan fingerprint density at radius 2 is 1.89 bits per heavy atom. The van der Waals surface area contributed by atoms with Crippen molar-refractivity contribution in [3.8, 4) is 6.01 Å². The molecule has 0 spiro atoms. The number of benzene rings is 1. The van der Waals surface area contributed by atoms with Crippen LogP contribution in [-0.2, 0) is 0 Å². The molecule has 0 fully saturated rings. The standard InChI is InChI=1S/C12H12N4O3/c1-8-13-10(15-11(14-8)19-2)16(12(17)18)9-6-4-3-5-7-9/h3-7H,1-2H3,(H,17,18).